The number of rotatable bonds is 3. The van der Waals surface area contributed by atoms with Gasteiger partial charge in [-0.3, -0.25) is 4.79 Å². The number of aliphatic carboxylic acids is 1. The second-order valence-corrected chi connectivity index (χ2v) is 3.35. The van der Waals surface area contributed by atoms with Gasteiger partial charge < -0.3 is 10.8 Å². The third-order valence-corrected chi connectivity index (χ3v) is 2.75. The minimum Gasteiger partial charge on any atom is -0.477 e. The summed E-state index contributed by atoms with van der Waals surface area (Å²) in [5.41, 5.74) is 4.79. The van der Waals surface area contributed by atoms with Crippen LogP contribution in [-0.4, -0.2) is 17.0 Å². The summed E-state index contributed by atoms with van der Waals surface area (Å²) in [6.45, 7) is 0. The molecule has 0 aliphatic rings. The molecule has 0 bridgehead atoms. The van der Waals surface area contributed by atoms with Gasteiger partial charge in [-0.05, 0) is 37.9 Å². The molecule has 0 aliphatic heterocycles. The van der Waals surface area contributed by atoms with Crippen LogP contribution in [0.25, 0.3) is 0 Å². The van der Waals surface area contributed by atoms with E-state index in [2.05, 4.69) is 31.9 Å². The largest absolute Gasteiger partial charge is 0.477 e. The molecular formula is C6H5Br2NO3. The van der Waals surface area contributed by atoms with Crippen LogP contribution in [0.5, 0.6) is 0 Å². The number of carbonyl (C=O) groups excluding carboxylic acids is 1. The van der Waals surface area contributed by atoms with Crippen LogP contribution in [0.15, 0.2) is 21.1 Å². The summed E-state index contributed by atoms with van der Waals surface area (Å²) in [6.07, 6.45) is 2.30. The lowest BCUT2D eigenvalue weighted by molar-refractivity contribution is -0.131. The van der Waals surface area contributed by atoms with Crippen LogP contribution < -0.4 is 5.73 Å². The Morgan fingerprint density at radius 3 is 2.08 bits per heavy atom. The first kappa shape index (κ1) is 11.4. The number of hydrogen-bond donors (Lipinski definition) is 2. The number of halogens is 2. The van der Waals surface area contributed by atoms with Crippen molar-refractivity contribution < 1.29 is 14.7 Å². The van der Waals surface area contributed by atoms with E-state index >= 15 is 0 Å². The van der Waals surface area contributed by atoms with Crippen molar-refractivity contribution in [2.75, 3.05) is 0 Å². The average molecular weight is 299 g/mol. The molecule has 0 aromatic carbocycles. The Balaban J connectivity index is 4.58. The summed E-state index contributed by atoms with van der Waals surface area (Å²) in [6, 6.07) is 0. The molecule has 3 N–H and O–H groups in total. The van der Waals surface area contributed by atoms with E-state index in [4.69, 9.17) is 10.8 Å². The van der Waals surface area contributed by atoms with E-state index < -0.39 is 11.9 Å². The smallest absolute Gasteiger partial charge is 0.343 e. The van der Waals surface area contributed by atoms with Crippen molar-refractivity contribution in [2.24, 2.45) is 5.73 Å². The Morgan fingerprint density at radius 1 is 1.25 bits per heavy atom. The van der Waals surface area contributed by atoms with Crippen LogP contribution in [0.3, 0.4) is 0 Å². The molecule has 0 atom stereocenters. The van der Waals surface area contributed by atoms with Gasteiger partial charge in [-0.1, -0.05) is 0 Å². The van der Waals surface area contributed by atoms with Crippen molar-refractivity contribution in [3.63, 3.8) is 0 Å². The lowest BCUT2D eigenvalue weighted by atomic mass is 10.4. The normalized spacial score (nSPS) is 12.8. The summed E-state index contributed by atoms with van der Waals surface area (Å²) in [4.78, 5) is 20.5. The molecule has 1 amide bonds. The van der Waals surface area contributed by atoms with Gasteiger partial charge in [0.05, 0.1) is 0 Å². The molecule has 0 radical (unpaired) electrons. The Kier molecular flexibility index (Phi) is 4.84. The van der Waals surface area contributed by atoms with Crippen LogP contribution in [-0.2, 0) is 9.59 Å². The molecule has 0 rings (SSSR count). The van der Waals surface area contributed by atoms with Gasteiger partial charge in [0.2, 0.25) is 5.91 Å². The maximum atomic E-state index is 10.3. The summed E-state index contributed by atoms with van der Waals surface area (Å²) in [5.74, 6) is -1.77. The zero-order chi connectivity index (χ0) is 9.72. The molecule has 0 saturated heterocycles. The zero-order valence-electron chi connectivity index (χ0n) is 5.75. The van der Waals surface area contributed by atoms with Crippen molar-refractivity contribution in [1.82, 2.24) is 0 Å². The number of nitrogens with two attached hydrogens (primary N) is 1. The van der Waals surface area contributed by atoms with E-state index in [1.165, 1.54) is 6.08 Å². The molecule has 0 aromatic heterocycles. The molecule has 0 aliphatic carbocycles. The highest BCUT2D eigenvalue weighted by molar-refractivity contribution is 9.14. The predicted octanol–water partition coefficient (Wildman–Crippen LogP) is 1.11. The first-order chi connectivity index (χ1) is 5.45. The first-order valence-electron chi connectivity index (χ1n) is 2.71. The molecule has 6 heteroatoms. The van der Waals surface area contributed by atoms with Crippen molar-refractivity contribution >= 4 is 43.7 Å². The molecule has 66 valence electrons. The van der Waals surface area contributed by atoms with Crippen LogP contribution in [0.1, 0.15) is 0 Å². The molecule has 0 fully saturated rings. The highest BCUT2D eigenvalue weighted by Gasteiger charge is 2.05. The molecule has 0 spiro atoms. The van der Waals surface area contributed by atoms with Gasteiger partial charge in [-0.2, -0.15) is 0 Å². The zero-order valence-corrected chi connectivity index (χ0v) is 8.92. The Labute approximate surface area is 85.4 Å². The van der Waals surface area contributed by atoms with Crippen molar-refractivity contribution in [3.05, 3.63) is 21.1 Å². The number of carboxylic acid groups (broad SMARTS) is 1. The highest BCUT2D eigenvalue weighted by Crippen LogP contribution is 2.18. The van der Waals surface area contributed by atoms with Crippen molar-refractivity contribution in [1.29, 1.82) is 0 Å². The van der Waals surface area contributed by atoms with Gasteiger partial charge in [-0.25, -0.2) is 4.79 Å². The summed E-state index contributed by atoms with van der Waals surface area (Å²) in [7, 11) is 0. The fourth-order valence-corrected chi connectivity index (χ4v) is 0.765. The number of hydrogen-bond acceptors (Lipinski definition) is 2. The molecule has 0 unspecified atom stereocenters. The summed E-state index contributed by atoms with van der Waals surface area (Å²) in [5, 5.41) is 8.43. The van der Waals surface area contributed by atoms with Crippen LogP contribution in [0.4, 0.5) is 0 Å². The van der Waals surface area contributed by atoms with Crippen LogP contribution >= 0.6 is 31.9 Å². The minimum absolute atomic E-state index is 0.0694. The number of carboxylic acids is 1. The third kappa shape index (κ3) is 4.30. The second kappa shape index (κ2) is 5.10. The predicted molar refractivity (Wildman–Crippen MR) is 50.9 cm³/mol. The van der Waals surface area contributed by atoms with Crippen molar-refractivity contribution in [2.45, 2.75) is 0 Å². The SMILES string of the molecule is NC(=O)/C=C/C(Br)=C(/Br)C(=O)O. The van der Waals surface area contributed by atoms with E-state index in [1.54, 1.807) is 0 Å². The second-order valence-electron chi connectivity index (χ2n) is 1.70. The minimum atomic E-state index is -1.13. The molecule has 0 aromatic rings. The van der Waals surface area contributed by atoms with E-state index in [1.807, 2.05) is 0 Å². The fourth-order valence-electron chi connectivity index (χ4n) is 0.331. The Morgan fingerprint density at radius 2 is 1.75 bits per heavy atom. The number of amides is 1. The number of carbonyl (C=O) groups is 2. The van der Waals surface area contributed by atoms with Gasteiger partial charge in [-0.15, -0.1) is 0 Å². The summed E-state index contributed by atoms with van der Waals surface area (Å²) < 4.78 is 0.175. The number of primary amides is 1. The van der Waals surface area contributed by atoms with Crippen LogP contribution in [0.2, 0.25) is 0 Å². The lowest BCUT2D eigenvalue weighted by Gasteiger charge is -1.91. The van der Waals surface area contributed by atoms with Gasteiger partial charge in [0, 0.05) is 10.6 Å². The van der Waals surface area contributed by atoms with Gasteiger partial charge in [0.1, 0.15) is 4.48 Å². The van der Waals surface area contributed by atoms with Crippen LogP contribution in [0, 0.1) is 0 Å². The van der Waals surface area contributed by atoms with E-state index in [-0.39, 0.29) is 8.96 Å². The van der Waals surface area contributed by atoms with Gasteiger partial charge >= 0.3 is 5.97 Å². The van der Waals surface area contributed by atoms with E-state index in [0.717, 1.165) is 6.08 Å². The molecule has 12 heavy (non-hydrogen) atoms. The standard InChI is InChI=1S/C6H5Br2NO3/c7-3(1-2-4(9)10)5(8)6(11)12/h1-2H,(H2,9,10)(H,11,12)/b2-1+,5-3-. The van der Waals surface area contributed by atoms with Crippen molar-refractivity contribution in [3.8, 4) is 0 Å². The van der Waals surface area contributed by atoms with E-state index in [9.17, 15) is 9.59 Å². The lowest BCUT2D eigenvalue weighted by Crippen LogP contribution is -2.05. The quantitative estimate of drug-likeness (QED) is 0.605. The molecule has 0 saturated carbocycles. The topological polar surface area (TPSA) is 80.4 Å². The Bertz CT molecular complexity index is 270. The maximum absolute atomic E-state index is 10.3. The van der Waals surface area contributed by atoms with Gasteiger partial charge in [0.25, 0.3) is 0 Å². The molecular weight excluding hydrogens is 294 g/mol. The Hall–Kier alpha value is -0.620. The average Bonchev–Trinajstić information content (AvgIpc) is 1.98. The first-order valence-corrected chi connectivity index (χ1v) is 4.30. The van der Waals surface area contributed by atoms with Gasteiger partial charge in [0.15, 0.2) is 0 Å². The number of allylic oxidation sites excluding steroid dienone is 2. The maximum Gasteiger partial charge on any atom is 0.343 e. The third-order valence-electron chi connectivity index (χ3n) is 0.791. The van der Waals surface area contributed by atoms with E-state index in [0.29, 0.717) is 0 Å². The fraction of sp³-hybridized carbons (Fsp3) is 0. The molecule has 4 nitrogen and oxygen atoms in total. The molecule has 0 heterocycles. The monoisotopic (exact) mass is 297 g/mol. The highest BCUT2D eigenvalue weighted by atomic mass is 79.9. The summed E-state index contributed by atoms with van der Waals surface area (Å²) >= 11 is 5.72.